The van der Waals surface area contributed by atoms with Crippen LogP contribution in [0.3, 0.4) is 0 Å². The highest BCUT2D eigenvalue weighted by Gasteiger charge is 2.15. The van der Waals surface area contributed by atoms with E-state index >= 15 is 0 Å². The number of thioether (sulfide) groups is 1. The third-order valence-electron chi connectivity index (χ3n) is 2.32. The average Bonchev–Trinajstić information content (AvgIpc) is 2.87. The molecule has 0 fully saturated rings. The van der Waals surface area contributed by atoms with E-state index < -0.39 is 5.97 Å². The Hall–Kier alpha value is -1.43. The van der Waals surface area contributed by atoms with E-state index in [1.165, 1.54) is 14.2 Å². The fraction of sp³-hybridized carbons (Fsp3) is 0.500. The third-order valence-corrected chi connectivity index (χ3v) is 3.49. The van der Waals surface area contributed by atoms with Gasteiger partial charge in [-0.15, -0.1) is 0 Å². The minimum absolute atomic E-state index is 0.0630. The molecule has 0 saturated heterocycles. The molecule has 0 N–H and O–H groups in total. The molecule has 0 bridgehead atoms. The van der Waals surface area contributed by atoms with Crippen LogP contribution >= 0.6 is 11.8 Å². The second kappa shape index (κ2) is 7.10. The summed E-state index contributed by atoms with van der Waals surface area (Å²) in [5, 5.41) is 0.0630. The SMILES string of the molecule is COC(=O)CCSC(C)c1ccc(C(=O)OC)o1. The summed E-state index contributed by atoms with van der Waals surface area (Å²) in [4.78, 5) is 22.1. The smallest absolute Gasteiger partial charge is 0.373 e. The highest BCUT2D eigenvalue weighted by atomic mass is 32.2. The van der Waals surface area contributed by atoms with Crippen molar-refractivity contribution in [3.63, 3.8) is 0 Å². The third kappa shape index (κ3) is 4.10. The standard InChI is InChI=1S/C12H16O5S/c1-8(18-7-6-11(13)15-2)9-4-5-10(17-9)12(14)16-3/h4-5,8H,6-7H2,1-3H3. The predicted molar refractivity (Wildman–Crippen MR) is 67.6 cm³/mol. The van der Waals surface area contributed by atoms with Gasteiger partial charge in [-0.2, -0.15) is 11.8 Å². The summed E-state index contributed by atoms with van der Waals surface area (Å²) in [6, 6.07) is 3.32. The van der Waals surface area contributed by atoms with Crippen molar-refractivity contribution >= 4 is 23.7 Å². The fourth-order valence-corrected chi connectivity index (χ4v) is 2.21. The predicted octanol–water partition coefficient (Wildman–Crippen LogP) is 2.42. The molecule has 5 nitrogen and oxygen atoms in total. The number of methoxy groups -OCH3 is 2. The molecule has 6 heteroatoms. The van der Waals surface area contributed by atoms with Crippen LogP contribution in [0.25, 0.3) is 0 Å². The van der Waals surface area contributed by atoms with Gasteiger partial charge in [-0.3, -0.25) is 4.79 Å². The molecular weight excluding hydrogens is 256 g/mol. The molecule has 0 radical (unpaired) electrons. The molecule has 1 aromatic rings. The number of carbonyl (C=O) groups is 2. The largest absolute Gasteiger partial charge is 0.469 e. The number of esters is 2. The summed E-state index contributed by atoms with van der Waals surface area (Å²) in [5.41, 5.74) is 0. The van der Waals surface area contributed by atoms with Crippen LogP contribution in [0, 0.1) is 0 Å². The summed E-state index contributed by atoms with van der Waals surface area (Å²) in [6.07, 6.45) is 0.357. The van der Waals surface area contributed by atoms with E-state index in [-0.39, 0.29) is 17.0 Å². The molecule has 0 aliphatic rings. The summed E-state index contributed by atoms with van der Waals surface area (Å²) in [7, 11) is 2.67. The quantitative estimate of drug-likeness (QED) is 0.741. The van der Waals surface area contributed by atoms with Crippen LogP contribution < -0.4 is 0 Å². The highest BCUT2D eigenvalue weighted by Crippen LogP contribution is 2.30. The van der Waals surface area contributed by atoms with E-state index in [0.29, 0.717) is 17.9 Å². The lowest BCUT2D eigenvalue weighted by atomic mass is 10.3. The summed E-state index contributed by atoms with van der Waals surface area (Å²) in [5.74, 6) is 0.790. The van der Waals surface area contributed by atoms with Crippen molar-refractivity contribution < 1.29 is 23.5 Å². The molecule has 0 amide bonds. The molecule has 0 spiro atoms. The van der Waals surface area contributed by atoms with Crippen LogP contribution in [0.5, 0.6) is 0 Å². The monoisotopic (exact) mass is 272 g/mol. The Balaban J connectivity index is 2.46. The van der Waals surface area contributed by atoms with Crippen molar-refractivity contribution in [1.29, 1.82) is 0 Å². The zero-order valence-corrected chi connectivity index (χ0v) is 11.4. The van der Waals surface area contributed by atoms with Gasteiger partial charge in [-0.05, 0) is 19.1 Å². The van der Waals surface area contributed by atoms with Crippen LogP contribution in [0.2, 0.25) is 0 Å². The fourth-order valence-electron chi connectivity index (χ4n) is 1.28. The molecule has 1 unspecified atom stereocenters. The second-order valence-corrected chi connectivity index (χ2v) is 4.98. The van der Waals surface area contributed by atoms with Crippen molar-refractivity contribution in [2.24, 2.45) is 0 Å². The van der Waals surface area contributed by atoms with E-state index in [2.05, 4.69) is 9.47 Å². The number of carbonyl (C=O) groups excluding carboxylic acids is 2. The summed E-state index contributed by atoms with van der Waals surface area (Å²) < 4.78 is 14.5. The first-order chi connectivity index (χ1) is 8.58. The Morgan fingerprint density at radius 1 is 1.33 bits per heavy atom. The Bertz CT molecular complexity index is 412. The molecule has 1 aromatic heterocycles. The van der Waals surface area contributed by atoms with Gasteiger partial charge in [0, 0.05) is 5.75 Å². The molecule has 0 aromatic carbocycles. The van der Waals surface area contributed by atoms with Gasteiger partial charge >= 0.3 is 11.9 Å². The van der Waals surface area contributed by atoms with Crippen LogP contribution in [-0.4, -0.2) is 31.9 Å². The molecule has 1 rings (SSSR count). The molecule has 0 aliphatic heterocycles. The van der Waals surface area contributed by atoms with E-state index in [1.807, 2.05) is 6.92 Å². The van der Waals surface area contributed by atoms with Gasteiger partial charge in [0.25, 0.3) is 0 Å². The van der Waals surface area contributed by atoms with Crippen molar-refractivity contribution in [1.82, 2.24) is 0 Å². The van der Waals surface area contributed by atoms with Gasteiger partial charge in [-0.25, -0.2) is 4.79 Å². The second-order valence-electron chi connectivity index (χ2n) is 3.53. The molecule has 1 atom stereocenters. The molecule has 0 aliphatic carbocycles. The van der Waals surface area contributed by atoms with Crippen LogP contribution in [0.15, 0.2) is 16.5 Å². The molecule has 1 heterocycles. The van der Waals surface area contributed by atoms with Crippen LogP contribution in [-0.2, 0) is 14.3 Å². The first-order valence-electron chi connectivity index (χ1n) is 5.45. The topological polar surface area (TPSA) is 65.7 Å². The van der Waals surface area contributed by atoms with Gasteiger partial charge in [0.05, 0.1) is 25.9 Å². The minimum atomic E-state index is -0.493. The van der Waals surface area contributed by atoms with Crippen molar-refractivity contribution in [3.05, 3.63) is 23.7 Å². The zero-order chi connectivity index (χ0) is 13.5. The minimum Gasteiger partial charge on any atom is -0.469 e. The Kier molecular flexibility index (Phi) is 5.77. The van der Waals surface area contributed by atoms with Gasteiger partial charge in [0.1, 0.15) is 5.76 Å². The maximum Gasteiger partial charge on any atom is 0.373 e. The van der Waals surface area contributed by atoms with Gasteiger partial charge in [0.2, 0.25) is 5.76 Å². The Morgan fingerprint density at radius 2 is 2.06 bits per heavy atom. The number of rotatable bonds is 6. The molecular formula is C12H16O5S. The lowest BCUT2D eigenvalue weighted by molar-refractivity contribution is -0.140. The van der Waals surface area contributed by atoms with E-state index in [4.69, 9.17) is 4.42 Å². The Labute approximate surface area is 110 Å². The average molecular weight is 272 g/mol. The first-order valence-corrected chi connectivity index (χ1v) is 6.49. The maximum atomic E-state index is 11.2. The number of hydrogen-bond acceptors (Lipinski definition) is 6. The number of ether oxygens (including phenoxy) is 2. The lowest BCUT2D eigenvalue weighted by Crippen LogP contribution is -2.02. The lowest BCUT2D eigenvalue weighted by Gasteiger charge is -2.07. The van der Waals surface area contributed by atoms with Gasteiger partial charge in [-0.1, -0.05) is 0 Å². The summed E-state index contributed by atoms with van der Waals surface area (Å²) >= 11 is 1.56. The normalized spacial score (nSPS) is 11.9. The molecule has 0 saturated carbocycles. The zero-order valence-electron chi connectivity index (χ0n) is 10.6. The summed E-state index contributed by atoms with van der Waals surface area (Å²) in [6.45, 7) is 1.95. The molecule has 18 heavy (non-hydrogen) atoms. The Morgan fingerprint density at radius 3 is 2.67 bits per heavy atom. The number of hydrogen-bond donors (Lipinski definition) is 0. The van der Waals surface area contributed by atoms with E-state index in [9.17, 15) is 9.59 Å². The van der Waals surface area contributed by atoms with Crippen LogP contribution in [0.4, 0.5) is 0 Å². The molecule has 100 valence electrons. The number of furan rings is 1. The van der Waals surface area contributed by atoms with Gasteiger partial charge < -0.3 is 13.9 Å². The first kappa shape index (κ1) is 14.6. The van der Waals surface area contributed by atoms with E-state index in [0.717, 1.165) is 0 Å². The van der Waals surface area contributed by atoms with Gasteiger partial charge in [0.15, 0.2) is 0 Å². The maximum absolute atomic E-state index is 11.2. The van der Waals surface area contributed by atoms with Crippen molar-refractivity contribution in [2.75, 3.05) is 20.0 Å². The highest BCUT2D eigenvalue weighted by molar-refractivity contribution is 7.99. The van der Waals surface area contributed by atoms with Crippen LogP contribution in [0.1, 0.15) is 34.9 Å². The van der Waals surface area contributed by atoms with E-state index in [1.54, 1.807) is 23.9 Å². The van der Waals surface area contributed by atoms with Crippen molar-refractivity contribution in [2.45, 2.75) is 18.6 Å². The van der Waals surface area contributed by atoms with Crippen molar-refractivity contribution in [3.8, 4) is 0 Å².